The molecule has 1 aromatic rings. The number of hydrogen-bond donors (Lipinski definition) is 1. The number of hydrogen-bond acceptors (Lipinski definition) is 2. The number of nitrogens with zero attached hydrogens (tertiary/aromatic N) is 1. The van der Waals surface area contributed by atoms with Gasteiger partial charge in [0.1, 0.15) is 0 Å². The molecule has 3 nitrogen and oxygen atoms in total. The summed E-state index contributed by atoms with van der Waals surface area (Å²) in [5, 5.41) is 9.20. The van der Waals surface area contributed by atoms with E-state index in [4.69, 9.17) is 0 Å². The summed E-state index contributed by atoms with van der Waals surface area (Å²) < 4.78 is 0. The molecule has 0 aliphatic heterocycles. The van der Waals surface area contributed by atoms with Crippen molar-refractivity contribution in [3.63, 3.8) is 0 Å². The monoisotopic (exact) mass is 221 g/mol. The number of carboxylic acid groups (broad SMARTS) is 1. The van der Waals surface area contributed by atoms with Crippen LogP contribution in [0.25, 0.3) is 0 Å². The number of carbonyl (C=O) groups is 1. The number of para-hydroxylation sites is 1. The molecule has 0 aromatic heterocycles. The minimum atomic E-state index is -0.850. The molecule has 0 spiro atoms. The smallest absolute Gasteiger partial charge is 0.337 e. The van der Waals surface area contributed by atoms with Crippen molar-refractivity contribution in [2.75, 3.05) is 18.0 Å². The molecule has 0 fully saturated rings. The molecule has 0 saturated carbocycles. The highest BCUT2D eigenvalue weighted by atomic mass is 16.4. The van der Waals surface area contributed by atoms with Crippen molar-refractivity contribution in [2.24, 2.45) is 0 Å². The molecular formula is C13H19NO2. The maximum atomic E-state index is 11.2. The fourth-order valence-electron chi connectivity index (χ4n) is 1.96. The lowest BCUT2D eigenvalue weighted by atomic mass is 10.0. The predicted octanol–water partition coefficient (Wildman–Crippen LogP) is 2.79. The molecule has 0 aliphatic carbocycles. The Morgan fingerprint density at radius 1 is 1.25 bits per heavy atom. The topological polar surface area (TPSA) is 40.5 Å². The highest BCUT2D eigenvalue weighted by molar-refractivity contribution is 5.95. The van der Waals surface area contributed by atoms with Crippen molar-refractivity contribution in [3.05, 3.63) is 29.3 Å². The first-order valence-electron chi connectivity index (χ1n) is 5.75. The minimum Gasteiger partial charge on any atom is -0.478 e. The first kappa shape index (κ1) is 12.6. The van der Waals surface area contributed by atoms with E-state index in [-0.39, 0.29) is 0 Å². The van der Waals surface area contributed by atoms with Crippen LogP contribution in [0, 0.1) is 0 Å². The second kappa shape index (κ2) is 5.54. The van der Waals surface area contributed by atoms with Crippen LogP contribution in [0.2, 0.25) is 0 Å². The minimum absolute atomic E-state index is 0.406. The van der Waals surface area contributed by atoms with E-state index in [0.717, 1.165) is 30.8 Å². The number of aromatic carboxylic acids is 1. The standard InChI is InChI=1S/C13H19NO2/c1-4-10-8-7-9-11(13(15)16)12(10)14(5-2)6-3/h7-9H,4-6H2,1-3H3,(H,15,16). The maximum absolute atomic E-state index is 11.2. The Morgan fingerprint density at radius 2 is 1.88 bits per heavy atom. The van der Waals surface area contributed by atoms with Crippen LogP contribution in [-0.4, -0.2) is 24.2 Å². The third-order valence-electron chi connectivity index (χ3n) is 2.81. The molecule has 1 N–H and O–H groups in total. The van der Waals surface area contributed by atoms with Gasteiger partial charge in [0.05, 0.1) is 11.3 Å². The van der Waals surface area contributed by atoms with Gasteiger partial charge in [0.25, 0.3) is 0 Å². The summed E-state index contributed by atoms with van der Waals surface area (Å²) in [5.41, 5.74) is 2.38. The van der Waals surface area contributed by atoms with E-state index < -0.39 is 5.97 Å². The molecule has 0 atom stereocenters. The first-order valence-corrected chi connectivity index (χ1v) is 5.75. The predicted molar refractivity (Wildman–Crippen MR) is 66.3 cm³/mol. The van der Waals surface area contributed by atoms with E-state index >= 15 is 0 Å². The highest BCUT2D eigenvalue weighted by Gasteiger charge is 2.16. The molecule has 16 heavy (non-hydrogen) atoms. The zero-order valence-corrected chi connectivity index (χ0v) is 10.2. The number of aryl methyl sites for hydroxylation is 1. The van der Waals surface area contributed by atoms with Gasteiger partial charge >= 0.3 is 5.97 Å². The lowest BCUT2D eigenvalue weighted by Gasteiger charge is -2.25. The molecule has 0 amide bonds. The van der Waals surface area contributed by atoms with Crippen molar-refractivity contribution in [1.82, 2.24) is 0 Å². The third kappa shape index (κ3) is 2.35. The number of anilines is 1. The van der Waals surface area contributed by atoms with Gasteiger partial charge in [0.15, 0.2) is 0 Å². The van der Waals surface area contributed by atoms with E-state index in [0.29, 0.717) is 5.56 Å². The van der Waals surface area contributed by atoms with Gasteiger partial charge in [-0.25, -0.2) is 4.79 Å². The molecule has 0 bridgehead atoms. The molecule has 0 radical (unpaired) electrons. The van der Waals surface area contributed by atoms with Crippen LogP contribution >= 0.6 is 0 Å². The summed E-state index contributed by atoms with van der Waals surface area (Å²) in [5.74, 6) is -0.850. The zero-order valence-electron chi connectivity index (χ0n) is 10.2. The van der Waals surface area contributed by atoms with Crippen LogP contribution < -0.4 is 4.90 Å². The Kier molecular flexibility index (Phi) is 4.35. The van der Waals surface area contributed by atoms with Gasteiger partial charge in [-0.15, -0.1) is 0 Å². The van der Waals surface area contributed by atoms with Crippen LogP contribution in [0.5, 0.6) is 0 Å². The molecule has 88 valence electrons. The summed E-state index contributed by atoms with van der Waals surface area (Å²) in [4.78, 5) is 13.3. The van der Waals surface area contributed by atoms with Crippen LogP contribution in [0.1, 0.15) is 36.7 Å². The maximum Gasteiger partial charge on any atom is 0.337 e. The average Bonchev–Trinajstić information content (AvgIpc) is 2.30. The molecule has 3 heteroatoms. The molecule has 0 heterocycles. The third-order valence-corrected chi connectivity index (χ3v) is 2.81. The molecule has 0 unspecified atom stereocenters. The van der Waals surface area contributed by atoms with E-state index in [1.807, 2.05) is 32.9 Å². The Balaban J connectivity index is 3.34. The van der Waals surface area contributed by atoms with Gasteiger partial charge in [-0.1, -0.05) is 19.1 Å². The molecule has 0 saturated heterocycles. The van der Waals surface area contributed by atoms with Crippen molar-refractivity contribution in [1.29, 1.82) is 0 Å². The van der Waals surface area contributed by atoms with Gasteiger partial charge in [-0.2, -0.15) is 0 Å². The van der Waals surface area contributed by atoms with Gasteiger partial charge in [-0.3, -0.25) is 0 Å². The van der Waals surface area contributed by atoms with E-state index in [1.165, 1.54) is 0 Å². The van der Waals surface area contributed by atoms with Gasteiger partial charge < -0.3 is 10.0 Å². The summed E-state index contributed by atoms with van der Waals surface area (Å²) >= 11 is 0. The summed E-state index contributed by atoms with van der Waals surface area (Å²) in [6.07, 6.45) is 0.854. The Morgan fingerprint density at radius 3 is 2.31 bits per heavy atom. The second-order valence-electron chi connectivity index (χ2n) is 3.64. The van der Waals surface area contributed by atoms with Crippen molar-refractivity contribution >= 4 is 11.7 Å². The lowest BCUT2D eigenvalue weighted by molar-refractivity contribution is 0.0697. The first-order chi connectivity index (χ1) is 7.65. The van der Waals surface area contributed by atoms with Crippen molar-refractivity contribution < 1.29 is 9.90 Å². The Hall–Kier alpha value is -1.51. The van der Waals surface area contributed by atoms with Crippen LogP contribution in [0.3, 0.4) is 0 Å². The molecule has 1 aromatic carbocycles. The largest absolute Gasteiger partial charge is 0.478 e. The van der Waals surface area contributed by atoms with E-state index in [1.54, 1.807) is 6.07 Å². The summed E-state index contributed by atoms with van der Waals surface area (Å²) in [6, 6.07) is 5.49. The zero-order chi connectivity index (χ0) is 12.1. The van der Waals surface area contributed by atoms with Crippen molar-refractivity contribution in [2.45, 2.75) is 27.2 Å². The molecule has 0 aliphatic rings. The number of rotatable bonds is 5. The number of carboxylic acids is 1. The number of benzene rings is 1. The van der Waals surface area contributed by atoms with E-state index in [9.17, 15) is 9.90 Å². The van der Waals surface area contributed by atoms with Crippen LogP contribution in [0.15, 0.2) is 18.2 Å². The summed E-state index contributed by atoms with van der Waals surface area (Å²) in [6.45, 7) is 7.79. The SMILES string of the molecule is CCc1cccc(C(=O)O)c1N(CC)CC. The fraction of sp³-hybridized carbons (Fsp3) is 0.462. The van der Waals surface area contributed by atoms with Crippen molar-refractivity contribution in [3.8, 4) is 0 Å². The normalized spacial score (nSPS) is 10.2. The van der Waals surface area contributed by atoms with Gasteiger partial charge in [0, 0.05) is 13.1 Å². The lowest BCUT2D eigenvalue weighted by Crippen LogP contribution is -2.25. The van der Waals surface area contributed by atoms with Gasteiger partial charge in [-0.05, 0) is 31.9 Å². The highest BCUT2D eigenvalue weighted by Crippen LogP contribution is 2.26. The molecular weight excluding hydrogens is 202 g/mol. The summed E-state index contributed by atoms with van der Waals surface area (Å²) in [7, 11) is 0. The van der Waals surface area contributed by atoms with Crippen LogP contribution in [-0.2, 0) is 6.42 Å². The van der Waals surface area contributed by atoms with Gasteiger partial charge in [0.2, 0.25) is 0 Å². The Bertz CT molecular complexity index is 370. The Labute approximate surface area is 96.7 Å². The fourth-order valence-corrected chi connectivity index (χ4v) is 1.96. The molecule has 1 rings (SSSR count). The second-order valence-corrected chi connectivity index (χ2v) is 3.64. The van der Waals surface area contributed by atoms with E-state index in [2.05, 4.69) is 4.90 Å². The quantitative estimate of drug-likeness (QED) is 0.831. The average molecular weight is 221 g/mol. The van der Waals surface area contributed by atoms with Crippen LogP contribution in [0.4, 0.5) is 5.69 Å².